The molecule has 0 spiro atoms. The van der Waals surface area contributed by atoms with Crippen molar-refractivity contribution in [3.63, 3.8) is 0 Å². The van der Waals surface area contributed by atoms with Gasteiger partial charge in [-0.3, -0.25) is 13.9 Å². The Morgan fingerprint density at radius 3 is 2.38 bits per heavy atom. The van der Waals surface area contributed by atoms with Crippen LogP contribution in [0.15, 0.2) is 9.59 Å². The number of hydrogen-bond acceptors (Lipinski definition) is 4. The van der Waals surface area contributed by atoms with Crippen LogP contribution in [-0.2, 0) is 13.6 Å². The normalized spacial score (nSPS) is 12.7. The van der Waals surface area contributed by atoms with Crippen molar-refractivity contribution in [2.24, 2.45) is 13.0 Å². The Morgan fingerprint density at radius 2 is 1.88 bits per heavy atom. The molecule has 1 aromatic heterocycles. The van der Waals surface area contributed by atoms with Gasteiger partial charge in [-0.05, 0) is 5.92 Å². The van der Waals surface area contributed by atoms with E-state index < -0.39 is 11.2 Å². The molecule has 6 heteroatoms. The summed E-state index contributed by atoms with van der Waals surface area (Å²) in [5.74, 6) is 0.267. The summed E-state index contributed by atoms with van der Waals surface area (Å²) in [6.45, 7) is 4.34. The van der Waals surface area contributed by atoms with Crippen LogP contribution in [0.3, 0.4) is 0 Å². The quantitative estimate of drug-likeness (QED) is 0.743. The smallest absolute Gasteiger partial charge is 0.332 e. The molecule has 4 N–H and O–H groups in total. The van der Waals surface area contributed by atoms with Crippen LogP contribution in [0.1, 0.15) is 20.3 Å². The van der Waals surface area contributed by atoms with E-state index in [1.807, 2.05) is 13.8 Å². The summed E-state index contributed by atoms with van der Waals surface area (Å²) in [6, 6.07) is 0. The van der Waals surface area contributed by atoms with Gasteiger partial charge in [0.05, 0.1) is 0 Å². The van der Waals surface area contributed by atoms with Crippen LogP contribution < -0.4 is 22.7 Å². The van der Waals surface area contributed by atoms with Crippen LogP contribution in [0, 0.1) is 5.92 Å². The first-order chi connectivity index (χ1) is 7.40. The molecule has 6 nitrogen and oxygen atoms in total. The van der Waals surface area contributed by atoms with Crippen molar-refractivity contribution in [1.82, 2.24) is 9.13 Å². The Morgan fingerprint density at radius 1 is 1.31 bits per heavy atom. The molecule has 0 aliphatic rings. The van der Waals surface area contributed by atoms with Gasteiger partial charge in [-0.2, -0.15) is 0 Å². The molecule has 16 heavy (non-hydrogen) atoms. The average Bonchev–Trinajstić information content (AvgIpc) is 2.29. The molecule has 0 bridgehead atoms. The highest BCUT2D eigenvalue weighted by molar-refractivity contribution is 5.56. The fourth-order valence-electron chi connectivity index (χ4n) is 1.41. The zero-order valence-corrected chi connectivity index (χ0v) is 9.86. The largest absolute Gasteiger partial charge is 0.391 e. The van der Waals surface area contributed by atoms with Gasteiger partial charge in [0.15, 0.2) is 0 Å². The fourth-order valence-corrected chi connectivity index (χ4v) is 1.41. The monoisotopic (exact) mass is 226 g/mol. The average molecular weight is 226 g/mol. The van der Waals surface area contributed by atoms with Crippen molar-refractivity contribution in [3.8, 4) is 0 Å². The van der Waals surface area contributed by atoms with Crippen molar-refractivity contribution in [1.29, 1.82) is 0 Å². The maximum atomic E-state index is 11.8. The zero-order chi connectivity index (χ0) is 12.5. The molecule has 1 unspecified atom stereocenters. The molecule has 0 aliphatic carbocycles. The molecule has 1 atom stereocenters. The van der Waals surface area contributed by atoms with Gasteiger partial charge in [-0.1, -0.05) is 20.3 Å². The molecular weight excluding hydrogens is 208 g/mol. The SMILES string of the molecule is CCC(C)Cn1c(=O)c(N)c(N)n(C)c1=O. The fraction of sp³-hybridized carbons (Fsp3) is 0.600. The van der Waals surface area contributed by atoms with Crippen molar-refractivity contribution in [2.75, 3.05) is 11.5 Å². The molecule has 0 aliphatic heterocycles. The Hall–Kier alpha value is -1.72. The van der Waals surface area contributed by atoms with Gasteiger partial charge in [0.25, 0.3) is 5.56 Å². The highest BCUT2D eigenvalue weighted by atomic mass is 16.2. The summed E-state index contributed by atoms with van der Waals surface area (Å²) in [5, 5.41) is 0. The molecule has 0 saturated heterocycles. The van der Waals surface area contributed by atoms with Crippen molar-refractivity contribution in [3.05, 3.63) is 20.8 Å². The molecule has 0 fully saturated rings. The molecule has 90 valence electrons. The topological polar surface area (TPSA) is 96.0 Å². The number of nitrogens with two attached hydrogens (primary N) is 2. The van der Waals surface area contributed by atoms with Crippen LogP contribution in [0.2, 0.25) is 0 Å². The summed E-state index contributed by atoms with van der Waals surface area (Å²) >= 11 is 0. The molecule has 0 amide bonds. The van der Waals surface area contributed by atoms with Crippen LogP contribution in [-0.4, -0.2) is 9.13 Å². The van der Waals surface area contributed by atoms with E-state index in [0.717, 1.165) is 11.0 Å². The third kappa shape index (κ3) is 1.95. The lowest BCUT2D eigenvalue weighted by Crippen LogP contribution is -2.42. The minimum absolute atomic E-state index is 0.0235. The number of aromatic nitrogens is 2. The Kier molecular flexibility index (Phi) is 3.41. The molecular formula is C10H18N4O2. The van der Waals surface area contributed by atoms with Gasteiger partial charge >= 0.3 is 5.69 Å². The van der Waals surface area contributed by atoms with Crippen LogP contribution in [0.4, 0.5) is 11.5 Å². The van der Waals surface area contributed by atoms with E-state index in [4.69, 9.17) is 11.5 Å². The molecule has 0 aromatic carbocycles. The van der Waals surface area contributed by atoms with Crippen LogP contribution >= 0.6 is 0 Å². The molecule has 0 radical (unpaired) electrons. The second-order valence-corrected chi connectivity index (χ2v) is 4.07. The molecule has 0 saturated carbocycles. The summed E-state index contributed by atoms with van der Waals surface area (Å²) in [4.78, 5) is 23.6. The highest BCUT2D eigenvalue weighted by Gasteiger charge is 2.13. The third-order valence-corrected chi connectivity index (χ3v) is 2.82. The number of nitrogens with zero attached hydrogens (tertiary/aromatic N) is 2. The van der Waals surface area contributed by atoms with Crippen LogP contribution in [0.5, 0.6) is 0 Å². The lowest BCUT2D eigenvalue weighted by molar-refractivity contribution is 0.440. The number of anilines is 2. The lowest BCUT2D eigenvalue weighted by atomic mass is 10.1. The van der Waals surface area contributed by atoms with Gasteiger partial charge in [-0.25, -0.2) is 4.79 Å². The first-order valence-electron chi connectivity index (χ1n) is 5.24. The summed E-state index contributed by atoms with van der Waals surface area (Å²) < 4.78 is 2.33. The summed E-state index contributed by atoms with van der Waals surface area (Å²) in [7, 11) is 1.50. The minimum Gasteiger partial charge on any atom is -0.391 e. The van der Waals surface area contributed by atoms with E-state index in [-0.39, 0.29) is 17.4 Å². The Labute approximate surface area is 93.5 Å². The number of nitrogen functional groups attached to an aromatic ring is 2. The predicted octanol–water partition coefficient (Wildman–Crippen LogP) is -0.242. The van der Waals surface area contributed by atoms with Gasteiger partial charge in [-0.15, -0.1) is 0 Å². The van der Waals surface area contributed by atoms with E-state index in [1.165, 1.54) is 11.6 Å². The van der Waals surface area contributed by atoms with Gasteiger partial charge in [0.1, 0.15) is 11.5 Å². The summed E-state index contributed by atoms with van der Waals surface area (Å²) in [6.07, 6.45) is 0.889. The van der Waals surface area contributed by atoms with E-state index >= 15 is 0 Å². The maximum absolute atomic E-state index is 11.8. The first-order valence-corrected chi connectivity index (χ1v) is 5.24. The maximum Gasteiger partial charge on any atom is 0.332 e. The van der Waals surface area contributed by atoms with E-state index in [0.29, 0.717) is 6.54 Å². The van der Waals surface area contributed by atoms with Gasteiger partial charge in [0, 0.05) is 13.6 Å². The standard InChI is InChI=1S/C10H18N4O2/c1-4-6(2)5-14-9(15)7(11)8(12)13(3)10(14)16/h6H,4-5,11-12H2,1-3H3. The van der Waals surface area contributed by atoms with Crippen molar-refractivity contribution >= 4 is 11.5 Å². The summed E-state index contributed by atoms with van der Waals surface area (Å²) in [5.41, 5.74) is 10.1. The third-order valence-electron chi connectivity index (χ3n) is 2.82. The molecule has 1 heterocycles. The second kappa shape index (κ2) is 4.42. The van der Waals surface area contributed by atoms with Crippen LogP contribution in [0.25, 0.3) is 0 Å². The van der Waals surface area contributed by atoms with Gasteiger partial charge < -0.3 is 11.5 Å². The molecule has 1 rings (SSSR count). The minimum atomic E-state index is -0.499. The Bertz CT molecular complexity index is 464. The van der Waals surface area contributed by atoms with E-state index in [9.17, 15) is 9.59 Å². The second-order valence-electron chi connectivity index (χ2n) is 4.07. The molecule has 1 aromatic rings. The zero-order valence-electron chi connectivity index (χ0n) is 9.86. The highest BCUT2D eigenvalue weighted by Crippen LogP contribution is 2.06. The number of rotatable bonds is 3. The lowest BCUT2D eigenvalue weighted by Gasteiger charge is -2.14. The Balaban J connectivity index is 3.41. The van der Waals surface area contributed by atoms with E-state index in [1.54, 1.807) is 0 Å². The van der Waals surface area contributed by atoms with Crippen molar-refractivity contribution in [2.45, 2.75) is 26.8 Å². The predicted molar refractivity (Wildman–Crippen MR) is 64.2 cm³/mol. The first kappa shape index (κ1) is 12.4. The number of hydrogen-bond donors (Lipinski definition) is 2. The van der Waals surface area contributed by atoms with Gasteiger partial charge in [0.2, 0.25) is 0 Å². The van der Waals surface area contributed by atoms with E-state index in [2.05, 4.69) is 0 Å². The van der Waals surface area contributed by atoms with Crippen molar-refractivity contribution < 1.29 is 0 Å².